The van der Waals surface area contributed by atoms with E-state index in [9.17, 15) is 4.79 Å². The standard InChI is InChI=1S/C15H11BrCl3NO/c1-20(8-9-2-5-13(18)14(19)6-9)15(21)11-7-10(17)3-4-12(11)16/h2-7H,8H2,1H3. The molecule has 6 heteroatoms. The lowest BCUT2D eigenvalue weighted by molar-refractivity contribution is 0.0784. The highest BCUT2D eigenvalue weighted by Crippen LogP contribution is 2.25. The number of rotatable bonds is 3. The molecule has 2 aromatic carbocycles. The summed E-state index contributed by atoms with van der Waals surface area (Å²) in [6.07, 6.45) is 0. The van der Waals surface area contributed by atoms with Gasteiger partial charge in [0.1, 0.15) is 0 Å². The van der Waals surface area contributed by atoms with Crippen LogP contribution in [0.5, 0.6) is 0 Å². The Bertz CT molecular complexity index is 691. The zero-order valence-electron chi connectivity index (χ0n) is 11.0. The highest BCUT2D eigenvalue weighted by atomic mass is 79.9. The number of carbonyl (C=O) groups is 1. The molecule has 2 rings (SSSR count). The van der Waals surface area contributed by atoms with E-state index >= 15 is 0 Å². The van der Waals surface area contributed by atoms with Crippen LogP contribution < -0.4 is 0 Å². The van der Waals surface area contributed by atoms with Crippen LogP contribution in [-0.4, -0.2) is 17.9 Å². The molecule has 0 radical (unpaired) electrons. The second kappa shape index (κ2) is 7.01. The Kier molecular flexibility index (Phi) is 5.55. The predicted octanol–water partition coefficient (Wildman–Crippen LogP) is 5.68. The van der Waals surface area contributed by atoms with Crippen molar-refractivity contribution in [2.45, 2.75) is 6.54 Å². The van der Waals surface area contributed by atoms with Gasteiger partial charge in [-0.05, 0) is 51.8 Å². The minimum Gasteiger partial charge on any atom is -0.337 e. The van der Waals surface area contributed by atoms with E-state index in [1.165, 1.54) is 0 Å². The number of amides is 1. The van der Waals surface area contributed by atoms with Crippen molar-refractivity contribution >= 4 is 56.6 Å². The smallest absolute Gasteiger partial charge is 0.255 e. The SMILES string of the molecule is CN(Cc1ccc(Cl)c(Cl)c1)C(=O)c1cc(Cl)ccc1Br. The van der Waals surface area contributed by atoms with Crippen molar-refractivity contribution in [2.24, 2.45) is 0 Å². The lowest BCUT2D eigenvalue weighted by Gasteiger charge is -2.18. The summed E-state index contributed by atoms with van der Waals surface area (Å²) >= 11 is 21.2. The molecule has 1 amide bonds. The summed E-state index contributed by atoms with van der Waals surface area (Å²) < 4.78 is 0.706. The van der Waals surface area contributed by atoms with Crippen LogP contribution in [0.1, 0.15) is 15.9 Å². The summed E-state index contributed by atoms with van der Waals surface area (Å²) in [7, 11) is 1.72. The molecule has 2 aromatic rings. The normalized spacial score (nSPS) is 10.5. The first kappa shape index (κ1) is 16.6. The molecule has 21 heavy (non-hydrogen) atoms. The molecule has 0 fully saturated rings. The zero-order valence-corrected chi connectivity index (χ0v) is 14.9. The van der Waals surface area contributed by atoms with E-state index in [0.717, 1.165) is 5.56 Å². The van der Waals surface area contributed by atoms with E-state index in [2.05, 4.69) is 15.9 Å². The minimum absolute atomic E-state index is 0.129. The molecule has 0 N–H and O–H groups in total. The van der Waals surface area contributed by atoms with Gasteiger partial charge in [-0.25, -0.2) is 0 Å². The van der Waals surface area contributed by atoms with Crippen LogP contribution in [-0.2, 0) is 6.54 Å². The van der Waals surface area contributed by atoms with Crippen LogP contribution in [0.15, 0.2) is 40.9 Å². The van der Waals surface area contributed by atoms with Gasteiger partial charge >= 0.3 is 0 Å². The molecule has 2 nitrogen and oxygen atoms in total. The molecule has 0 unspecified atom stereocenters. The fraction of sp³-hybridized carbons (Fsp3) is 0.133. The molecule has 0 atom stereocenters. The summed E-state index contributed by atoms with van der Waals surface area (Å²) in [5.74, 6) is -0.129. The molecule has 0 aromatic heterocycles. The maximum atomic E-state index is 12.5. The topological polar surface area (TPSA) is 20.3 Å². The number of halogens is 4. The van der Waals surface area contributed by atoms with Crippen molar-refractivity contribution in [2.75, 3.05) is 7.05 Å². The Labute approximate surface area is 146 Å². The lowest BCUT2D eigenvalue weighted by atomic mass is 10.1. The molecule has 0 saturated heterocycles. The lowest BCUT2D eigenvalue weighted by Crippen LogP contribution is -2.26. The Morgan fingerprint density at radius 2 is 1.81 bits per heavy atom. The maximum absolute atomic E-state index is 12.5. The maximum Gasteiger partial charge on any atom is 0.255 e. The van der Waals surface area contributed by atoms with Crippen LogP contribution >= 0.6 is 50.7 Å². The van der Waals surface area contributed by atoms with E-state index in [0.29, 0.717) is 31.6 Å². The van der Waals surface area contributed by atoms with Gasteiger partial charge in [0, 0.05) is 23.1 Å². The van der Waals surface area contributed by atoms with Gasteiger partial charge < -0.3 is 4.90 Å². The van der Waals surface area contributed by atoms with Crippen molar-refractivity contribution in [1.29, 1.82) is 0 Å². The second-order valence-electron chi connectivity index (χ2n) is 4.53. The molecule has 0 heterocycles. The van der Waals surface area contributed by atoms with Crippen molar-refractivity contribution in [1.82, 2.24) is 4.90 Å². The third-order valence-corrected chi connectivity index (χ3v) is 4.57. The average Bonchev–Trinajstić information content (AvgIpc) is 2.44. The summed E-state index contributed by atoms with van der Waals surface area (Å²) in [6.45, 7) is 0.425. The fourth-order valence-corrected chi connectivity index (χ4v) is 2.76. The van der Waals surface area contributed by atoms with Crippen molar-refractivity contribution < 1.29 is 4.79 Å². The molecule has 0 bridgehead atoms. The van der Waals surface area contributed by atoms with Crippen LogP contribution in [0.2, 0.25) is 15.1 Å². The molecule has 0 aliphatic carbocycles. The number of nitrogens with zero attached hydrogens (tertiary/aromatic N) is 1. The molecular formula is C15H11BrCl3NO. The van der Waals surface area contributed by atoms with Gasteiger partial charge in [0.2, 0.25) is 0 Å². The van der Waals surface area contributed by atoms with Crippen molar-refractivity contribution in [3.63, 3.8) is 0 Å². The highest BCUT2D eigenvalue weighted by molar-refractivity contribution is 9.10. The van der Waals surface area contributed by atoms with E-state index in [-0.39, 0.29) is 5.91 Å². The highest BCUT2D eigenvalue weighted by Gasteiger charge is 2.16. The van der Waals surface area contributed by atoms with E-state index in [1.54, 1.807) is 42.3 Å². The van der Waals surface area contributed by atoms with Gasteiger partial charge in [-0.3, -0.25) is 4.79 Å². The molecule has 0 saturated carbocycles. The Balaban J connectivity index is 2.19. The van der Waals surface area contributed by atoms with Gasteiger partial charge in [0.25, 0.3) is 5.91 Å². The molecular weight excluding hydrogens is 396 g/mol. The Morgan fingerprint density at radius 3 is 2.48 bits per heavy atom. The number of carbonyl (C=O) groups excluding carboxylic acids is 1. The quantitative estimate of drug-likeness (QED) is 0.641. The molecule has 0 aliphatic rings. The molecule has 0 aliphatic heterocycles. The van der Waals surface area contributed by atoms with Crippen LogP contribution in [0.3, 0.4) is 0 Å². The monoisotopic (exact) mass is 405 g/mol. The van der Waals surface area contributed by atoms with Crippen LogP contribution in [0, 0.1) is 0 Å². The van der Waals surface area contributed by atoms with Crippen molar-refractivity contribution in [3.8, 4) is 0 Å². The third kappa shape index (κ3) is 4.13. The average molecular weight is 408 g/mol. The van der Waals surface area contributed by atoms with Crippen LogP contribution in [0.4, 0.5) is 0 Å². The second-order valence-corrected chi connectivity index (χ2v) is 6.64. The number of hydrogen-bond donors (Lipinski definition) is 0. The summed E-state index contributed by atoms with van der Waals surface area (Å²) in [5, 5.41) is 1.48. The predicted molar refractivity (Wildman–Crippen MR) is 91.4 cm³/mol. The Morgan fingerprint density at radius 1 is 1.10 bits per heavy atom. The van der Waals surface area contributed by atoms with E-state index in [4.69, 9.17) is 34.8 Å². The molecule has 0 spiro atoms. The molecule has 110 valence electrons. The first-order valence-electron chi connectivity index (χ1n) is 6.03. The van der Waals surface area contributed by atoms with E-state index in [1.807, 2.05) is 6.07 Å². The summed E-state index contributed by atoms with van der Waals surface area (Å²) in [5.41, 5.74) is 1.42. The van der Waals surface area contributed by atoms with Gasteiger partial charge in [-0.2, -0.15) is 0 Å². The van der Waals surface area contributed by atoms with Gasteiger partial charge in [-0.1, -0.05) is 40.9 Å². The van der Waals surface area contributed by atoms with E-state index < -0.39 is 0 Å². The first-order chi connectivity index (χ1) is 9.88. The van der Waals surface area contributed by atoms with Gasteiger partial charge in [-0.15, -0.1) is 0 Å². The Hall–Kier alpha value is -0.740. The number of benzene rings is 2. The number of hydrogen-bond acceptors (Lipinski definition) is 1. The fourth-order valence-electron chi connectivity index (χ4n) is 1.85. The van der Waals surface area contributed by atoms with Gasteiger partial charge in [0.15, 0.2) is 0 Å². The van der Waals surface area contributed by atoms with Gasteiger partial charge in [0.05, 0.1) is 15.6 Å². The zero-order chi connectivity index (χ0) is 15.6. The third-order valence-electron chi connectivity index (χ3n) is 2.91. The van der Waals surface area contributed by atoms with Crippen molar-refractivity contribution in [3.05, 3.63) is 67.1 Å². The first-order valence-corrected chi connectivity index (χ1v) is 7.95. The summed E-state index contributed by atoms with van der Waals surface area (Å²) in [4.78, 5) is 14.0. The largest absolute Gasteiger partial charge is 0.337 e. The van der Waals surface area contributed by atoms with Crippen LogP contribution in [0.25, 0.3) is 0 Å². The summed E-state index contributed by atoms with van der Waals surface area (Å²) in [6, 6.07) is 10.4. The minimum atomic E-state index is -0.129.